The molecule has 0 saturated heterocycles. The maximum atomic E-state index is 4.43. The molecule has 1 aromatic carbocycles. The molecule has 2 aliphatic rings. The van der Waals surface area contributed by atoms with Crippen molar-refractivity contribution in [2.45, 2.75) is 35.8 Å². The number of benzene rings is 1. The number of hydrogen-bond acceptors (Lipinski definition) is 1. The van der Waals surface area contributed by atoms with Crippen LogP contribution in [0.15, 0.2) is 59.5 Å². The van der Waals surface area contributed by atoms with Crippen LogP contribution >= 0.6 is 11.8 Å². The predicted octanol–water partition coefficient (Wildman–Crippen LogP) is 5.08. The van der Waals surface area contributed by atoms with E-state index >= 15 is 0 Å². The highest BCUT2D eigenvalue weighted by atomic mass is 32.2. The maximum Gasteiger partial charge on any atom is 0.0338 e. The van der Waals surface area contributed by atoms with Crippen LogP contribution in [0.5, 0.6) is 0 Å². The van der Waals surface area contributed by atoms with E-state index in [0.29, 0.717) is 5.25 Å². The molecule has 0 aromatic heterocycles. The van der Waals surface area contributed by atoms with Crippen molar-refractivity contribution in [2.24, 2.45) is 11.8 Å². The summed E-state index contributed by atoms with van der Waals surface area (Å²) in [4.78, 5) is 1.37. The van der Waals surface area contributed by atoms with Crippen LogP contribution in [-0.4, -0.2) is 5.25 Å². The number of hydrogen-bond donors (Lipinski definition) is 0. The second-order valence-electron chi connectivity index (χ2n) is 5.36. The van der Waals surface area contributed by atoms with Crippen LogP contribution in [0, 0.1) is 11.8 Å². The monoisotopic (exact) mass is 256 g/mol. The highest BCUT2D eigenvalue weighted by Gasteiger charge is 2.32. The molecule has 0 aliphatic heterocycles. The molecule has 94 valence electrons. The zero-order valence-electron chi connectivity index (χ0n) is 10.7. The van der Waals surface area contributed by atoms with Crippen molar-refractivity contribution in [1.29, 1.82) is 0 Å². The highest BCUT2D eigenvalue weighted by molar-refractivity contribution is 8.00. The van der Waals surface area contributed by atoms with Crippen LogP contribution < -0.4 is 0 Å². The van der Waals surface area contributed by atoms with E-state index in [2.05, 4.69) is 49.1 Å². The Morgan fingerprint density at radius 2 is 1.94 bits per heavy atom. The lowest BCUT2D eigenvalue weighted by atomic mass is 9.89. The van der Waals surface area contributed by atoms with E-state index in [4.69, 9.17) is 0 Å². The Hall–Kier alpha value is -0.950. The minimum Gasteiger partial charge on any atom is -0.118 e. The minimum atomic E-state index is 0.566. The number of fused-ring (bicyclic) bond motifs is 1. The van der Waals surface area contributed by atoms with Crippen LogP contribution in [0.4, 0.5) is 0 Å². The average Bonchev–Trinajstić information content (AvgIpc) is 2.81. The van der Waals surface area contributed by atoms with Gasteiger partial charge in [-0.3, -0.25) is 0 Å². The second kappa shape index (κ2) is 5.36. The van der Waals surface area contributed by atoms with Crippen molar-refractivity contribution >= 4 is 11.8 Å². The van der Waals surface area contributed by atoms with Crippen molar-refractivity contribution < 1.29 is 0 Å². The van der Waals surface area contributed by atoms with Gasteiger partial charge in [-0.05, 0) is 43.2 Å². The summed E-state index contributed by atoms with van der Waals surface area (Å²) in [5, 5.41) is 0.566. The molecule has 0 radical (unpaired) electrons. The molecule has 0 unspecified atom stereocenters. The molecule has 0 bridgehead atoms. The maximum absolute atomic E-state index is 4.43. The van der Waals surface area contributed by atoms with E-state index in [1.807, 2.05) is 11.8 Å². The highest BCUT2D eigenvalue weighted by Crippen LogP contribution is 2.44. The van der Waals surface area contributed by atoms with Gasteiger partial charge >= 0.3 is 0 Å². The van der Waals surface area contributed by atoms with Crippen LogP contribution in [0.25, 0.3) is 0 Å². The third-order valence-electron chi connectivity index (χ3n) is 4.21. The van der Waals surface area contributed by atoms with Gasteiger partial charge in [0.1, 0.15) is 0 Å². The molecule has 1 aromatic rings. The van der Waals surface area contributed by atoms with E-state index in [1.54, 1.807) is 0 Å². The Morgan fingerprint density at radius 1 is 1.11 bits per heavy atom. The van der Waals surface area contributed by atoms with Gasteiger partial charge in [-0.25, -0.2) is 0 Å². The van der Waals surface area contributed by atoms with Gasteiger partial charge in [-0.2, -0.15) is 0 Å². The Bertz CT molecular complexity index is 446. The molecule has 0 amide bonds. The van der Waals surface area contributed by atoms with Gasteiger partial charge in [0.2, 0.25) is 0 Å². The number of allylic oxidation sites excluding steroid dienone is 2. The van der Waals surface area contributed by atoms with Crippen LogP contribution in [0.2, 0.25) is 0 Å². The molecule has 1 fully saturated rings. The fourth-order valence-corrected chi connectivity index (χ4v) is 4.41. The Kier molecular flexibility index (Phi) is 3.60. The van der Waals surface area contributed by atoms with Crippen molar-refractivity contribution in [3.8, 4) is 0 Å². The van der Waals surface area contributed by atoms with E-state index in [0.717, 1.165) is 18.3 Å². The fourth-order valence-electron chi connectivity index (χ4n) is 3.23. The van der Waals surface area contributed by atoms with Gasteiger partial charge < -0.3 is 0 Å². The van der Waals surface area contributed by atoms with Gasteiger partial charge in [0.25, 0.3) is 0 Å². The largest absolute Gasteiger partial charge is 0.118 e. The Morgan fingerprint density at radius 3 is 2.78 bits per heavy atom. The van der Waals surface area contributed by atoms with E-state index in [9.17, 15) is 0 Å². The van der Waals surface area contributed by atoms with Gasteiger partial charge in [0.15, 0.2) is 0 Å². The third-order valence-corrected chi connectivity index (χ3v) is 5.54. The van der Waals surface area contributed by atoms with Crippen molar-refractivity contribution in [3.05, 3.63) is 54.6 Å². The van der Waals surface area contributed by atoms with Gasteiger partial charge in [0.05, 0.1) is 0 Å². The zero-order valence-corrected chi connectivity index (χ0v) is 11.5. The Labute approximate surface area is 114 Å². The first-order valence-electron chi connectivity index (χ1n) is 6.91. The summed E-state index contributed by atoms with van der Waals surface area (Å²) >= 11 is 1.98. The van der Waals surface area contributed by atoms with E-state index in [1.165, 1.54) is 29.7 Å². The molecule has 0 nitrogen and oxygen atoms in total. The molecule has 0 N–H and O–H groups in total. The fraction of sp³-hybridized carbons (Fsp3) is 0.412. The summed E-state index contributed by atoms with van der Waals surface area (Å²) in [6.07, 6.45) is 10.1. The first kappa shape index (κ1) is 12.1. The van der Waals surface area contributed by atoms with Crippen LogP contribution in [-0.2, 0) is 0 Å². The number of rotatable bonds is 2. The molecule has 1 saturated carbocycles. The summed E-state index contributed by atoms with van der Waals surface area (Å²) in [6, 6.07) is 10.7. The summed E-state index contributed by atoms with van der Waals surface area (Å²) < 4.78 is 0. The van der Waals surface area contributed by atoms with Gasteiger partial charge in [-0.15, -0.1) is 11.8 Å². The molecule has 3 rings (SSSR count). The van der Waals surface area contributed by atoms with Crippen molar-refractivity contribution in [1.82, 2.24) is 0 Å². The lowest BCUT2D eigenvalue weighted by Crippen LogP contribution is -2.14. The summed E-state index contributed by atoms with van der Waals surface area (Å²) in [6.45, 7) is 4.43. The van der Waals surface area contributed by atoms with Gasteiger partial charge in [0, 0.05) is 10.1 Å². The van der Waals surface area contributed by atoms with Crippen molar-refractivity contribution in [3.63, 3.8) is 0 Å². The quantitative estimate of drug-likeness (QED) is 0.665. The van der Waals surface area contributed by atoms with Crippen molar-refractivity contribution in [2.75, 3.05) is 0 Å². The topological polar surface area (TPSA) is 0 Å². The molecule has 18 heavy (non-hydrogen) atoms. The number of thioether (sulfide) groups is 1. The smallest absolute Gasteiger partial charge is 0.0338 e. The Balaban J connectivity index is 1.76. The summed E-state index contributed by atoms with van der Waals surface area (Å²) in [5.74, 6) is 1.52. The van der Waals surface area contributed by atoms with Gasteiger partial charge in [-0.1, -0.05) is 48.9 Å². The van der Waals surface area contributed by atoms with Crippen LogP contribution in [0.3, 0.4) is 0 Å². The summed E-state index contributed by atoms with van der Waals surface area (Å²) in [7, 11) is 0. The molecule has 1 heteroatoms. The van der Waals surface area contributed by atoms with Crippen LogP contribution in [0.1, 0.15) is 25.7 Å². The standard InChI is InChI=1S/C17H20S/c1-13-16-11-5-7-14(16)8-6-12-17(13)18-15-9-3-2-4-10-15/h2-4,6,8-10,14,16-17H,1,5,7,11-12H2/t14-,16+,17+/m0/s1. The van der Waals surface area contributed by atoms with E-state index < -0.39 is 0 Å². The predicted molar refractivity (Wildman–Crippen MR) is 79.8 cm³/mol. The zero-order chi connectivity index (χ0) is 12.4. The molecule has 0 heterocycles. The molecular formula is C17H20S. The third kappa shape index (κ3) is 2.42. The summed E-state index contributed by atoms with van der Waals surface area (Å²) in [5.41, 5.74) is 1.48. The minimum absolute atomic E-state index is 0.566. The first-order chi connectivity index (χ1) is 8.84. The molecule has 0 spiro atoms. The average molecular weight is 256 g/mol. The SMILES string of the molecule is C=C1[C@H]2CCC[C@H]2C=CC[C@H]1Sc1ccccc1. The normalized spacial score (nSPS) is 31.1. The molecular weight excluding hydrogens is 236 g/mol. The molecule has 2 aliphatic carbocycles. The lowest BCUT2D eigenvalue weighted by molar-refractivity contribution is 0.527. The second-order valence-corrected chi connectivity index (χ2v) is 6.64. The molecule has 3 atom stereocenters. The lowest BCUT2D eigenvalue weighted by Gasteiger charge is -2.23. The first-order valence-corrected chi connectivity index (χ1v) is 7.79. The van der Waals surface area contributed by atoms with E-state index in [-0.39, 0.29) is 0 Å².